The van der Waals surface area contributed by atoms with Crippen molar-refractivity contribution in [2.45, 2.75) is 12.5 Å². The van der Waals surface area contributed by atoms with Gasteiger partial charge in [0.1, 0.15) is 23.1 Å². The van der Waals surface area contributed by atoms with E-state index in [1.54, 1.807) is 72.3 Å². The molecule has 1 atom stereocenters. The number of aryl methyl sites for hydroxylation is 1. The predicted molar refractivity (Wildman–Crippen MR) is 161 cm³/mol. The Kier molecular flexibility index (Phi) is 7.13. The summed E-state index contributed by atoms with van der Waals surface area (Å²) in [5, 5.41) is 31.0. The zero-order chi connectivity index (χ0) is 29.2. The number of nitrogens with one attached hydrogen (secondary N) is 3. The minimum atomic E-state index is -0.434. The number of amides is 2. The van der Waals surface area contributed by atoms with Gasteiger partial charge in [-0.1, -0.05) is 42.5 Å². The van der Waals surface area contributed by atoms with Gasteiger partial charge in [0.25, 0.3) is 11.8 Å². The lowest BCUT2D eigenvalue weighted by molar-refractivity contribution is 0.0939. The van der Waals surface area contributed by atoms with Crippen molar-refractivity contribution >= 4 is 28.5 Å². The van der Waals surface area contributed by atoms with Crippen LogP contribution in [0.3, 0.4) is 0 Å². The predicted octanol–water partition coefficient (Wildman–Crippen LogP) is 4.83. The molecule has 3 heterocycles. The maximum absolute atomic E-state index is 13.6. The van der Waals surface area contributed by atoms with Crippen LogP contribution in [-0.4, -0.2) is 45.6 Å². The van der Waals surface area contributed by atoms with Gasteiger partial charge in [-0.05, 0) is 61.0 Å². The van der Waals surface area contributed by atoms with E-state index < -0.39 is 5.91 Å². The molecule has 0 aliphatic carbocycles. The fourth-order valence-electron chi connectivity index (χ4n) is 5.36. The Labute approximate surface area is 242 Å². The van der Waals surface area contributed by atoms with Gasteiger partial charge in [0.2, 0.25) is 0 Å². The molecule has 1 aliphatic rings. The molecule has 42 heavy (non-hydrogen) atoms. The second-order valence-corrected chi connectivity index (χ2v) is 10.3. The number of phenolic OH excluding ortho intramolecular Hbond substituents is 1. The fourth-order valence-corrected chi connectivity index (χ4v) is 5.36. The second-order valence-electron chi connectivity index (χ2n) is 10.3. The van der Waals surface area contributed by atoms with Crippen LogP contribution in [0.5, 0.6) is 5.75 Å². The normalized spacial score (nSPS) is 14.4. The van der Waals surface area contributed by atoms with Crippen LogP contribution in [0.15, 0.2) is 84.9 Å². The third kappa shape index (κ3) is 5.07. The number of rotatable bonds is 6. The van der Waals surface area contributed by atoms with Crippen LogP contribution in [0.2, 0.25) is 0 Å². The number of aromatic hydroxyl groups is 1. The van der Waals surface area contributed by atoms with Gasteiger partial charge in [-0.15, -0.1) is 0 Å². The van der Waals surface area contributed by atoms with Crippen LogP contribution in [0.1, 0.15) is 32.8 Å². The highest BCUT2D eigenvalue weighted by Gasteiger charge is 2.22. The highest BCUT2D eigenvalue weighted by molar-refractivity contribution is 6.07. The Balaban J connectivity index is 1.44. The van der Waals surface area contributed by atoms with Gasteiger partial charge in [0.15, 0.2) is 5.82 Å². The van der Waals surface area contributed by atoms with Gasteiger partial charge >= 0.3 is 0 Å². The third-order valence-electron chi connectivity index (χ3n) is 7.56. The van der Waals surface area contributed by atoms with Gasteiger partial charge in [0, 0.05) is 47.2 Å². The molecule has 1 saturated heterocycles. The molecule has 0 bridgehead atoms. The molecule has 6 rings (SSSR count). The lowest BCUT2D eigenvalue weighted by atomic mass is 9.96. The largest absolute Gasteiger partial charge is 0.507 e. The first kappa shape index (κ1) is 26.7. The number of aromatic nitrogens is 2. The second kappa shape index (κ2) is 11.2. The summed E-state index contributed by atoms with van der Waals surface area (Å²) in [4.78, 5) is 31.2. The maximum Gasteiger partial charge on any atom is 0.273 e. The van der Waals surface area contributed by atoms with E-state index in [4.69, 9.17) is 0 Å². The van der Waals surface area contributed by atoms with Crippen molar-refractivity contribution in [3.63, 3.8) is 0 Å². The summed E-state index contributed by atoms with van der Waals surface area (Å²) in [5.41, 5.74) is 3.74. The zero-order valence-corrected chi connectivity index (χ0v) is 22.9. The summed E-state index contributed by atoms with van der Waals surface area (Å²) in [6, 6.07) is 27.1. The number of fused-ring (bicyclic) bond motifs is 1. The van der Waals surface area contributed by atoms with Crippen molar-refractivity contribution in [3.8, 4) is 34.2 Å². The standard InChI is InChI=1S/C33H28N6O3/c1-39-28-11-4-2-7-21(28)16-29(39)33(42)38-31-26(18-34)25(17-27(37-31)24-10-3-5-12-30(24)40)20-8-6-9-22(15-20)32(41)36-23-13-14-35-19-23/h2-12,15-17,23,35,40H,13-14,19H2,1H3,(H,36,41)(H,37,38,42). The monoisotopic (exact) mass is 556 g/mol. The molecule has 0 spiro atoms. The van der Waals surface area contributed by atoms with E-state index in [-0.39, 0.29) is 29.1 Å². The lowest BCUT2D eigenvalue weighted by Crippen LogP contribution is -2.36. The van der Waals surface area contributed by atoms with Crippen LogP contribution >= 0.6 is 0 Å². The summed E-state index contributed by atoms with van der Waals surface area (Å²) in [6.07, 6.45) is 0.859. The first-order valence-corrected chi connectivity index (χ1v) is 13.6. The quantitative estimate of drug-likeness (QED) is 0.237. The number of hydrogen-bond acceptors (Lipinski definition) is 6. The number of nitrogens with zero attached hydrogens (tertiary/aromatic N) is 3. The number of para-hydroxylation sites is 2. The van der Waals surface area contributed by atoms with E-state index in [1.165, 1.54) is 0 Å². The van der Waals surface area contributed by atoms with Gasteiger partial charge in [-0.25, -0.2) is 4.98 Å². The highest BCUT2D eigenvalue weighted by atomic mass is 16.3. The first-order valence-electron chi connectivity index (χ1n) is 13.6. The van der Waals surface area contributed by atoms with Crippen molar-refractivity contribution in [1.82, 2.24) is 20.2 Å². The molecular formula is C33H28N6O3. The van der Waals surface area contributed by atoms with Gasteiger partial charge in [0.05, 0.1) is 5.69 Å². The fraction of sp³-hybridized carbons (Fsp3) is 0.152. The molecule has 1 aliphatic heterocycles. The summed E-state index contributed by atoms with van der Waals surface area (Å²) >= 11 is 0. The number of pyridine rings is 1. The van der Waals surface area contributed by atoms with E-state index >= 15 is 0 Å². The number of hydrogen-bond donors (Lipinski definition) is 4. The highest BCUT2D eigenvalue weighted by Crippen LogP contribution is 2.36. The molecule has 0 radical (unpaired) electrons. The summed E-state index contributed by atoms with van der Waals surface area (Å²) < 4.78 is 1.78. The number of anilines is 1. The van der Waals surface area contributed by atoms with Crippen LogP contribution in [-0.2, 0) is 7.05 Å². The van der Waals surface area contributed by atoms with Gasteiger partial charge < -0.3 is 25.6 Å². The summed E-state index contributed by atoms with van der Waals surface area (Å²) in [6.45, 7) is 1.58. The molecule has 9 nitrogen and oxygen atoms in total. The van der Waals surface area contributed by atoms with E-state index in [9.17, 15) is 20.0 Å². The van der Waals surface area contributed by atoms with Crippen molar-refractivity contribution in [3.05, 3.63) is 102 Å². The Morgan fingerprint density at radius 1 is 1.00 bits per heavy atom. The Hall–Kier alpha value is -5.46. The lowest BCUT2D eigenvalue weighted by Gasteiger charge is -2.15. The Bertz CT molecular complexity index is 1880. The number of phenols is 1. The number of nitriles is 1. The van der Waals surface area contributed by atoms with Crippen LogP contribution < -0.4 is 16.0 Å². The molecular weight excluding hydrogens is 528 g/mol. The topological polar surface area (TPSA) is 132 Å². The van der Waals surface area contributed by atoms with Crippen molar-refractivity contribution in [2.24, 2.45) is 7.05 Å². The van der Waals surface area contributed by atoms with E-state index in [0.29, 0.717) is 33.6 Å². The van der Waals surface area contributed by atoms with Crippen molar-refractivity contribution in [1.29, 1.82) is 5.26 Å². The number of benzene rings is 3. The SMILES string of the molecule is Cn1c(C(=O)Nc2nc(-c3ccccc3O)cc(-c3cccc(C(=O)NC4CCNC4)c3)c2C#N)cc2ccccc21. The molecule has 2 aromatic heterocycles. The molecule has 1 unspecified atom stereocenters. The molecule has 1 fully saturated rings. The van der Waals surface area contributed by atoms with Crippen LogP contribution in [0.4, 0.5) is 5.82 Å². The smallest absolute Gasteiger partial charge is 0.273 e. The van der Waals surface area contributed by atoms with Crippen LogP contribution in [0, 0.1) is 11.3 Å². The van der Waals surface area contributed by atoms with E-state index in [1.807, 2.05) is 24.3 Å². The van der Waals surface area contributed by atoms with Crippen LogP contribution in [0.25, 0.3) is 33.3 Å². The minimum absolute atomic E-state index is 0.00456. The minimum Gasteiger partial charge on any atom is -0.507 e. The molecule has 5 aromatic rings. The number of carbonyl (C=O) groups excluding carboxylic acids is 2. The average molecular weight is 557 g/mol. The van der Waals surface area contributed by atoms with Crippen molar-refractivity contribution in [2.75, 3.05) is 18.4 Å². The molecule has 3 aromatic carbocycles. The van der Waals surface area contributed by atoms with E-state index in [2.05, 4.69) is 27.0 Å². The Morgan fingerprint density at radius 3 is 2.57 bits per heavy atom. The third-order valence-corrected chi connectivity index (χ3v) is 7.56. The van der Waals surface area contributed by atoms with Gasteiger partial charge in [-0.2, -0.15) is 5.26 Å². The molecule has 208 valence electrons. The molecule has 9 heteroatoms. The summed E-state index contributed by atoms with van der Waals surface area (Å²) in [7, 11) is 1.80. The van der Waals surface area contributed by atoms with Gasteiger partial charge in [-0.3, -0.25) is 9.59 Å². The molecule has 4 N–H and O–H groups in total. The number of carbonyl (C=O) groups is 2. The van der Waals surface area contributed by atoms with Crippen molar-refractivity contribution < 1.29 is 14.7 Å². The molecule has 0 saturated carbocycles. The zero-order valence-electron chi connectivity index (χ0n) is 22.9. The maximum atomic E-state index is 13.6. The van der Waals surface area contributed by atoms with E-state index in [0.717, 1.165) is 30.4 Å². The Morgan fingerprint density at radius 2 is 1.81 bits per heavy atom. The molecule has 2 amide bonds. The average Bonchev–Trinajstić information content (AvgIpc) is 3.65. The summed E-state index contributed by atoms with van der Waals surface area (Å²) in [5.74, 6) is -0.583. The first-order chi connectivity index (χ1) is 20.4.